The van der Waals surface area contributed by atoms with Crippen molar-refractivity contribution in [1.29, 1.82) is 0 Å². The summed E-state index contributed by atoms with van der Waals surface area (Å²) in [7, 11) is 0. The van der Waals surface area contributed by atoms with Gasteiger partial charge in [0.25, 0.3) is 0 Å². The second kappa shape index (κ2) is 5.07. The van der Waals surface area contributed by atoms with E-state index in [1.807, 2.05) is 0 Å². The molecular weight excluding hydrogens is 186 g/mol. The molecule has 0 saturated carbocycles. The van der Waals surface area contributed by atoms with Crippen LogP contribution in [0.4, 0.5) is 0 Å². The van der Waals surface area contributed by atoms with E-state index in [4.69, 9.17) is 10.2 Å². The van der Waals surface area contributed by atoms with Gasteiger partial charge in [-0.05, 0) is 13.8 Å². The van der Waals surface area contributed by atoms with Gasteiger partial charge >= 0.3 is 6.48 Å². The standard InChI is InChI=1S/C9H17NO4/c1-6(2)7(11)9(3,4)5-10-14-8(12)13/h5-6,8,12-13H,1-4H3. The minimum Gasteiger partial charge on any atom is -0.336 e. The van der Waals surface area contributed by atoms with Gasteiger partial charge in [-0.3, -0.25) is 4.79 Å². The summed E-state index contributed by atoms with van der Waals surface area (Å²) < 4.78 is 0. The molecule has 0 aromatic heterocycles. The molecule has 5 heteroatoms. The first-order chi connectivity index (χ1) is 6.27. The molecule has 5 nitrogen and oxygen atoms in total. The quantitative estimate of drug-likeness (QED) is 0.387. The first-order valence-electron chi connectivity index (χ1n) is 4.38. The van der Waals surface area contributed by atoms with Crippen LogP contribution in [-0.4, -0.2) is 28.7 Å². The number of carbonyl (C=O) groups excluding carboxylic acids is 1. The Morgan fingerprint density at radius 1 is 1.43 bits per heavy atom. The van der Waals surface area contributed by atoms with Crippen molar-refractivity contribution in [1.82, 2.24) is 0 Å². The number of hydrogen-bond donors (Lipinski definition) is 2. The summed E-state index contributed by atoms with van der Waals surface area (Å²) in [5.74, 6) is -0.0900. The lowest BCUT2D eigenvalue weighted by Crippen LogP contribution is -2.30. The first-order valence-corrected chi connectivity index (χ1v) is 4.38. The predicted molar refractivity (Wildman–Crippen MR) is 51.4 cm³/mol. The minimum atomic E-state index is -1.95. The van der Waals surface area contributed by atoms with Crippen molar-refractivity contribution in [2.75, 3.05) is 0 Å². The van der Waals surface area contributed by atoms with Crippen molar-refractivity contribution in [3.63, 3.8) is 0 Å². The molecule has 0 saturated heterocycles. The third-order valence-corrected chi connectivity index (χ3v) is 1.69. The summed E-state index contributed by atoms with van der Waals surface area (Å²) in [6.07, 6.45) is 1.26. The number of aliphatic hydroxyl groups is 2. The molecule has 2 N–H and O–H groups in total. The van der Waals surface area contributed by atoms with E-state index in [9.17, 15) is 4.79 Å². The summed E-state index contributed by atoms with van der Waals surface area (Å²) in [4.78, 5) is 15.7. The Morgan fingerprint density at radius 3 is 2.29 bits per heavy atom. The van der Waals surface area contributed by atoms with Crippen LogP contribution in [0.3, 0.4) is 0 Å². The second-order valence-electron chi connectivity index (χ2n) is 3.91. The Bertz CT molecular complexity index is 221. The third kappa shape index (κ3) is 4.34. The Balaban J connectivity index is 4.33. The van der Waals surface area contributed by atoms with E-state index in [0.29, 0.717) is 0 Å². The Kier molecular flexibility index (Phi) is 4.73. The van der Waals surface area contributed by atoms with Crippen LogP contribution in [0, 0.1) is 11.3 Å². The maximum atomic E-state index is 11.6. The number of rotatable bonds is 5. The van der Waals surface area contributed by atoms with Crippen molar-refractivity contribution in [2.45, 2.75) is 34.2 Å². The number of nitrogens with zero attached hydrogens (tertiary/aromatic N) is 1. The van der Waals surface area contributed by atoms with E-state index in [0.717, 1.165) is 0 Å². The van der Waals surface area contributed by atoms with Crippen LogP contribution in [-0.2, 0) is 9.63 Å². The summed E-state index contributed by atoms with van der Waals surface area (Å²) in [6.45, 7) is 5.01. The van der Waals surface area contributed by atoms with Crippen LogP contribution in [0.1, 0.15) is 27.7 Å². The van der Waals surface area contributed by atoms with Gasteiger partial charge in [-0.2, -0.15) is 0 Å². The van der Waals surface area contributed by atoms with Gasteiger partial charge in [0.05, 0.1) is 11.6 Å². The Morgan fingerprint density at radius 2 is 1.93 bits per heavy atom. The van der Waals surface area contributed by atoms with Gasteiger partial charge in [0, 0.05) is 5.92 Å². The average molecular weight is 203 g/mol. The highest BCUT2D eigenvalue weighted by Gasteiger charge is 2.27. The van der Waals surface area contributed by atoms with E-state index >= 15 is 0 Å². The molecule has 0 aromatic carbocycles. The lowest BCUT2D eigenvalue weighted by molar-refractivity contribution is -0.234. The van der Waals surface area contributed by atoms with Crippen LogP contribution < -0.4 is 0 Å². The minimum absolute atomic E-state index is 0.0114. The summed E-state index contributed by atoms with van der Waals surface area (Å²) >= 11 is 0. The predicted octanol–water partition coefficient (Wildman–Crippen LogP) is 0.508. The fourth-order valence-corrected chi connectivity index (χ4v) is 1.02. The number of oxime groups is 1. The third-order valence-electron chi connectivity index (χ3n) is 1.69. The van der Waals surface area contributed by atoms with Gasteiger partial charge in [-0.15, -0.1) is 0 Å². The van der Waals surface area contributed by atoms with E-state index in [1.54, 1.807) is 27.7 Å². The normalized spacial score (nSPS) is 12.9. The van der Waals surface area contributed by atoms with Crippen molar-refractivity contribution < 1.29 is 19.8 Å². The molecule has 0 radical (unpaired) electrons. The lowest BCUT2D eigenvalue weighted by atomic mass is 9.84. The lowest BCUT2D eigenvalue weighted by Gasteiger charge is -2.19. The molecule has 0 aliphatic heterocycles. The molecule has 0 rings (SSSR count). The largest absolute Gasteiger partial charge is 0.336 e. The van der Waals surface area contributed by atoms with Crippen LogP contribution >= 0.6 is 0 Å². The SMILES string of the molecule is CC(C)C(=O)C(C)(C)C=NOC(O)O. The number of ketones is 1. The molecular formula is C9H17NO4. The van der Waals surface area contributed by atoms with Crippen LogP contribution in [0.5, 0.6) is 0 Å². The molecule has 0 bridgehead atoms. The monoisotopic (exact) mass is 203 g/mol. The van der Waals surface area contributed by atoms with E-state index in [2.05, 4.69) is 9.99 Å². The summed E-state index contributed by atoms with van der Waals surface area (Å²) in [6, 6.07) is 0. The Hall–Kier alpha value is -0.940. The fraction of sp³-hybridized carbons (Fsp3) is 0.778. The highest BCUT2D eigenvalue weighted by Crippen LogP contribution is 2.18. The molecule has 0 atom stereocenters. The molecule has 0 amide bonds. The van der Waals surface area contributed by atoms with Gasteiger partial charge in [0.1, 0.15) is 5.78 Å². The van der Waals surface area contributed by atoms with Gasteiger partial charge in [-0.1, -0.05) is 19.0 Å². The van der Waals surface area contributed by atoms with E-state index < -0.39 is 11.9 Å². The fourth-order valence-electron chi connectivity index (χ4n) is 1.02. The maximum absolute atomic E-state index is 11.6. The molecule has 0 fully saturated rings. The van der Waals surface area contributed by atoms with E-state index in [-0.39, 0.29) is 11.7 Å². The maximum Gasteiger partial charge on any atom is 0.334 e. The molecule has 0 unspecified atom stereocenters. The first kappa shape index (κ1) is 13.1. The molecule has 0 aliphatic rings. The molecule has 0 aliphatic carbocycles. The number of carbonyl (C=O) groups is 1. The highest BCUT2D eigenvalue weighted by molar-refractivity contribution is 5.99. The molecule has 0 aromatic rings. The van der Waals surface area contributed by atoms with Crippen molar-refractivity contribution in [3.8, 4) is 0 Å². The summed E-state index contributed by atoms with van der Waals surface area (Å²) in [5.41, 5.74) is -0.761. The van der Waals surface area contributed by atoms with E-state index in [1.165, 1.54) is 6.21 Å². The zero-order valence-corrected chi connectivity index (χ0v) is 8.89. The van der Waals surface area contributed by atoms with Gasteiger partial charge < -0.3 is 15.1 Å². The van der Waals surface area contributed by atoms with Gasteiger partial charge in [0.2, 0.25) is 0 Å². The number of Topliss-reactive ketones (excluding diaryl/α,β-unsaturated/α-hetero) is 1. The Labute approximate surface area is 83.4 Å². The van der Waals surface area contributed by atoms with Crippen molar-refractivity contribution >= 4 is 12.0 Å². The number of aliphatic hydroxyl groups excluding tert-OH is 1. The molecule has 0 heterocycles. The molecule has 82 valence electrons. The summed E-state index contributed by atoms with van der Waals surface area (Å²) in [5, 5.41) is 20.0. The van der Waals surface area contributed by atoms with Crippen molar-refractivity contribution in [2.24, 2.45) is 16.5 Å². The van der Waals surface area contributed by atoms with Gasteiger partial charge in [0.15, 0.2) is 0 Å². The van der Waals surface area contributed by atoms with Gasteiger partial charge in [-0.25, -0.2) is 0 Å². The second-order valence-corrected chi connectivity index (χ2v) is 3.91. The van der Waals surface area contributed by atoms with Crippen molar-refractivity contribution in [3.05, 3.63) is 0 Å². The zero-order chi connectivity index (χ0) is 11.4. The van der Waals surface area contributed by atoms with Crippen LogP contribution in [0.2, 0.25) is 0 Å². The average Bonchev–Trinajstić information content (AvgIpc) is 2.01. The smallest absolute Gasteiger partial charge is 0.334 e. The zero-order valence-electron chi connectivity index (χ0n) is 8.89. The number of hydrogen-bond acceptors (Lipinski definition) is 5. The highest BCUT2D eigenvalue weighted by atomic mass is 16.8. The topological polar surface area (TPSA) is 79.1 Å². The molecule has 14 heavy (non-hydrogen) atoms. The van der Waals surface area contributed by atoms with Crippen LogP contribution in [0.15, 0.2) is 5.16 Å². The van der Waals surface area contributed by atoms with Crippen LogP contribution in [0.25, 0.3) is 0 Å². The molecule has 0 spiro atoms.